The molecule has 19 heavy (non-hydrogen) atoms. The molecule has 1 saturated heterocycles. The van der Waals surface area contributed by atoms with E-state index in [0.717, 1.165) is 26.1 Å². The third kappa shape index (κ3) is 2.86. The first-order chi connectivity index (χ1) is 9.00. The Morgan fingerprint density at radius 3 is 2.74 bits per heavy atom. The molecular formula is C12H20N4O3. The molecule has 0 saturated carbocycles. The van der Waals surface area contributed by atoms with Crippen LogP contribution in [0.2, 0.25) is 0 Å². The molecule has 2 heterocycles. The van der Waals surface area contributed by atoms with Crippen LogP contribution in [0.3, 0.4) is 0 Å². The number of aryl methyl sites for hydroxylation is 2. The van der Waals surface area contributed by atoms with E-state index in [9.17, 15) is 10.1 Å². The molecule has 0 aromatic carbocycles. The van der Waals surface area contributed by atoms with Crippen molar-refractivity contribution >= 4 is 11.5 Å². The number of nitrogens with zero attached hydrogens (tertiary/aromatic N) is 3. The Bertz CT molecular complexity index is 466. The summed E-state index contributed by atoms with van der Waals surface area (Å²) < 4.78 is 6.88. The quantitative estimate of drug-likeness (QED) is 0.665. The van der Waals surface area contributed by atoms with Gasteiger partial charge in [0.2, 0.25) is 5.82 Å². The summed E-state index contributed by atoms with van der Waals surface area (Å²) in [5.41, 5.74) is 0.510. The number of hydrogen-bond donors (Lipinski definition) is 1. The fourth-order valence-corrected chi connectivity index (χ4v) is 2.58. The van der Waals surface area contributed by atoms with Crippen molar-refractivity contribution in [2.75, 3.05) is 18.5 Å². The zero-order valence-electron chi connectivity index (χ0n) is 11.5. The molecule has 0 amide bonds. The minimum Gasteiger partial charge on any atom is -0.381 e. The summed E-state index contributed by atoms with van der Waals surface area (Å²) in [6.45, 7) is 5.25. The first kappa shape index (κ1) is 13.8. The Morgan fingerprint density at radius 2 is 2.16 bits per heavy atom. The Labute approximate surface area is 112 Å². The maximum absolute atomic E-state index is 11.1. The van der Waals surface area contributed by atoms with Crippen molar-refractivity contribution in [1.29, 1.82) is 0 Å². The third-order valence-electron chi connectivity index (χ3n) is 3.71. The normalized spacial score (nSPS) is 18.3. The van der Waals surface area contributed by atoms with Crippen molar-refractivity contribution in [3.63, 3.8) is 0 Å². The van der Waals surface area contributed by atoms with Gasteiger partial charge in [-0.2, -0.15) is 5.10 Å². The standard InChI is InChI=1S/C12H20N4O3/c1-8(10-4-6-19-7-5-10)13-12-11(16(17)18)9(2)14-15(12)3/h8,10,13H,4-7H2,1-3H3. The molecular weight excluding hydrogens is 248 g/mol. The Balaban J connectivity index is 2.15. The number of rotatable bonds is 4. The second-order valence-electron chi connectivity index (χ2n) is 5.05. The molecule has 1 aromatic heterocycles. The number of anilines is 1. The van der Waals surface area contributed by atoms with E-state index in [2.05, 4.69) is 17.3 Å². The minimum atomic E-state index is -0.374. The van der Waals surface area contributed by atoms with Gasteiger partial charge in [0.05, 0.1) is 4.92 Å². The van der Waals surface area contributed by atoms with Crippen LogP contribution < -0.4 is 5.32 Å². The van der Waals surface area contributed by atoms with E-state index in [0.29, 0.717) is 17.4 Å². The lowest BCUT2D eigenvalue weighted by atomic mass is 9.93. The Morgan fingerprint density at radius 1 is 1.53 bits per heavy atom. The van der Waals surface area contributed by atoms with Crippen molar-refractivity contribution in [2.45, 2.75) is 32.7 Å². The smallest absolute Gasteiger partial charge is 0.333 e. The zero-order valence-corrected chi connectivity index (χ0v) is 11.5. The summed E-state index contributed by atoms with van der Waals surface area (Å²) in [6, 6.07) is 0.164. The van der Waals surface area contributed by atoms with E-state index >= 15 is 0 Å². The summed E-state index contributed by atoms with van der Waals surface area (Å²) in [4.78, 5) is 10.7. The maximum atomic E-state index is 11.1. The number of ether oxygens (including phenoxy) is 1. The number of aromatic nitrogens is 2. The van der Waals surface area contributed by atoms with Gasteiger partial charge in [0.25, 0.3) is 0 Å². The predicted octanol–water partition coefficient (Wildman–Crippen LogP) is 1.86. The van der Waals surface area contributed by atoms with Crippen molar-refractivity contribution in [3.05, 3.63) is 15.8 Å². The van der Waals surface area contributed by atoms with Crippen LogP contribution in [-0.4, -0.2) is 34.0 Å². The van der Waals surface area contributed by atoms with Crippen LogP contribution >= 0.6 is 0 Å². The van der Waals surface area contributed by atoms with Crippen LogP contribution in [0.5, 0.6) is 0 Å². The van der Waals surface area contributed by atoms with Gasteiger partial charge in [0.15, 0.2) is 0 Å². The van der Waals surface area contributed by atoms with Crippen molar-refractivity contribution in [3.8, 4) is 0 Å². The van der Waals surface area contributed by atoms with Crippen LogP contribution in [0.25, 0.3) is 0 Å². The summed E-state index contributed by atoms with van der Waals surface area (Å²) in [5.74, 6) is 0.963. The Hall–Kier alpha value is -1.63. The van der Waals surface area contributed by atoms with Crippen molar-refractivity contribution < 1.29 is 9.66 Å². The van der Waals surface area contributed by atoms with E-state index in [-0.39, 0.29) is 16.7 Å². The molecule has 1 aromatic rings. The van der Waals surface area contributed by atoms with E-state index in [1.807, 2.05) is 0 Å². The third-order valence-corrected chi connectivity index (χ3v) is 3.71. The molecule has 1 fully saturated rings. The number of nitrogens with one attached hydrogen (secondary N) is 1. The van der Waals surface area contributed by atoms with Crippen molar-refractivity contribution in [1.82, 2.24) is 9.78 Å². The van der Waals surface area contributed by atoms with E-state index < -0.39 is 0 Å². The van der Waals surface area contributed by atoms with Crippen LogP contribution in [-0.2, 0) is 11.8 Å². The molecule has 1 atom stereocenters. The molecule has 0 bridgehead atoms. The summed E-state index contributed by atoms with van der Waals surface area (Å²) in [7, 11) is 1.72. The van der Waals surface area contributed by atoms with Gasteiger partial charge in [-0.15, -0.1) is 0 Å². The van der Waals surface area contributed by atoms with Gasteiger partial charge in [-0.1, -0.05) is 0 Å². The summed E-state index contributed by atoms with van der Waals surface area (Å²) in [6.07, 6.45) is 1.97. The second-order valence-corrected chi connectivity index (χ2v) is 5.05. The van der Waals surface area contributed by atoms with Gasteiger partial charge >= 0.3 is 5.69 Å². The van der Waals surface area contributed by atoms with Crippen LogP contribution in [0.1, 0.15) is 25.5 Å². The van der Waals surface area contributed by atoms with Gasteiger partial charge in [-0.3, -0.25) is 10.1 Å². The fourth-order valence-electron chi connectivity index (χ4n) is 2.58. The topological polar surface area (TPSA) is 82.2 Å². The van der Waals surface area contributed by atoms with Crippen molar-refractivity contribution in [2.24, 2.45) is 13.0 Å². The Kier molecular flexibility index (Phi) is 4.04. The minimum absolute atomic E-state index is 0.0707. The van der Waals surface area contributed by atoms with E-state index in [1.54, 1.807) is 18.7 Å². The molecule has 1 N–H and O–H groups in total. The van der Waals surface area contributed by atoms with Gasteiger partial charge < -0.3 is 10.1 Å². The van der Waals surface area contributed by atoms with Crippen LogP contribution in [0.15, 0.2) is 0 Å². The molecule has 0 radical (unpaired) electrons. The molecule has 1 aliphatic heterocycles. The van der Waals surface area contributed by atoms with Gasteiger partial charge in [-0.05, 0) is 32.6 Å². The fraction of sp³-hybridized carbons (Fsp3) is 0.750. The highest BCUT2D eigenvalue weighted by Gasteiger charge is 2.28. The summed E-state index contributed by atoms with van der Waals surface area (Å²) >= 11 is 0. The second kappa shape index (κ2) is 5.56. The molecule has 1 unspecified atom stereocenters. The van der Waals surface area contributed by atoms with Crippen LogP contribution in [0, 0.1) is 23.0 Å². The highest BCUT2D eigenvalue weighted by Crippen LogP contribution is 2.30. The van der Waals surface area contributed by atoms with E-state index in [1.165, 1.54) is 0 Å². The maximum Gasteiger partial charge on any atom is 0.333 e. The molecule has 0 spiro atoms. The first-order valence-electron chi connectivity index (χ1n) is 6.53. The lowest BCUT2D eigenvalue weighted by Crippen LogP contribution is -2.31. The number of nitro groups is 1. The zero-order chi connectivity index (χ0) is 14.0. The van der Waals surface area contributed by atoms with Gasteiger partial charge in [0.1, 0.15) is 5.69 Å². The molecule has 0 aliphatic carbocycles. The molecule has 1 aliphatic rings. The predicted molar refractivity (Wildman–Crippen MR) is 71.2 cm³/mol. The monoisotopic (exact) mass is 268 g/mol. The van der Waals surface area contributed by atoms with Crippen LogP contribution in [0.4, 0.5) is 11.5 Å². The lowest BCUT2D eigenvalue weighted by molar-refractivity contribution is -0.384. The average Bonchev–Trinajstić information content (AvgIpc) is 2.65. The molecule has 7 nitrogen and oxygen atoms in total. The largest absolute Gasteiger partial charge is 0.381 e. The SMILES string of the molecule is Cc1nn(C)c(NC(C)C2CCOCC2)c1[N+](=O)[O-]. The molecule has 7 heteroatoms. The molecule has 106 valence electrons. The van der Waals surface area contributed by atoms with Gasteiger partial charge in [-0.25, -0.2) is 4.68 Å². The summed E-state index contributed by atoms with van der Waals surface area (Å²) in [5, 5.41) is 18.5. The highest BCUT2D eigenvalue weighted by molar-refractivity contribution is 5.59. The number of hydrogen-bond acceptors (Lipinski definition) is 5. The van der Waals surface area contributed by atoms with E-state index in [4.69, 9.17) is 4.74 Å². The lowest BCUT2D eigenvalue weighted by Gasteiger charge is -2.28. The average molecular weight is 268 g/mol. The highest BCUT2D eigenvalue weighted by atomic mass is 16.6. The molecule has 2 rings (SSSR count). The van der Waals surface area contributed by atoms with Gasteiger partial charge in [0, 0.05) is 26.3 Å². The first-order valence-corrected chi connectivity index (χ1v) is 6.53.